The first-order chi connectivity index (χ1) is 8.88. The van der Waals surface area contributed by atoms with Gasteiger partial charge in [-0.1, -0.05) is 15.9 Å². The lowest BCUT2D eigenvalue weighted by molar-refractivity contribution is -0.138. The second-order valence-electron chi connectivity index (χ2n) is 4.37. The van der Waals surface area contributed by atoms with Crippen LogP contribution in [-0.4, -0.2) is 19.0 Å². The number of halogens is 5. The van der Waals surface area contributed by atoms with E-state index in [0.717, 1.165) is 12.6 Å². The Kier molecular flexibility index (Phi) is 5.85. The summed E-state index contributed by atoms with van der Waals surface area (Å²) in [5.41, 5.74) is -0.637. The lowest BCUT2D eigenvalue weighted by Crippen LogP contribution is -2.24. The van der Waals surface area contributed by atoms with Crippen LogP contribution < -0.4 is 10.6 Å². The van der Waals surface area contributed by atoms with Crippen molar-refractivity contribution in [1.82, 2.24) is 5.32 Å². The van der Waals surface area contributed by atoms with Gasteiger partial charge >= 0.3 is 6.18 Å². The van der Waals surface area contributed by atoms with Crippen molar-refractivity contribution in [1.29, 1.82) is 0 Å². The van der Waals surface area contributed by atoms with Crippen LogP contribution in [0.1, 0.15) is 12.0 Å². The summed E-state index contributed by atoms with van der Waals surface area (Å²) in [4.78, 5) is 11.8. The molecule has 2 N–H and O–H groups in total. The van der Waals surface area contributed by atoms with Gasteiger partial charge in [0.25, 0.3) is 0 Å². The zero-order valence-corrected chi connectivity index (χ0v) is 12.7. The third kappa shape index (κ3) is 4.10. The number of hydrogen-bond donors (Lipinski definition) is 2. The predicted octanol–water partition coefficient (Wildman–Crippen LogP) is 3.44. The Bertz CT molecular complexity index is 490. The molecule has 0 radical (unpaired) electrons. The highest BCUT2D eigenvalue weighted by Gasteiger charge is 2.33. The Hall–Kier alpha value is -0.790. The fraction of sp³-hybridized carbons (Fsp3) is 0.417. The van der Waals surface area contributed by atoms with E-state index in [4.69, 9.17) is 0 Å². The summed E-state index contributed by atoms with van der Waals surface area (Å²) in [6.07, 6.45) is -3.75. The normalized spacial score (nSPS) is 18.5. The molecule has 1 atom stereocenters. The number of nitrogens with one attached hydrogen (secondary N) is 2. The van der Waals surface area contributed by atoms with E-state index >= 15 is 0 Å². The third-order valence-electron chi connectivity index (χ3n) is 2.97. The van der Waals surface area contributed by atoms with Gasteiger partial charge in [-0.25, -0.2) is 0 Å². The van der Waals surface area contributed by atoms with Crippen LogP contribution in [0, 0.1) is 5.92 Å². The van der Waals surface area contributed by atoms with E-state index in [-0.39, 0.29) is 34.4 Å². The van der Waals surface area contributed by atoms with E-state index in [1.807, 2.05) is 0 Å². The number of anilines is 1. The van der Waals surface area contributed by atoms with Gasteiger partial charge in [0.15, 0.2) is 0 Å². The monoisotopic (exact) mass is 372 g/mol. The SMILES string of the molecule is Cl.O=C(Nc1ccc(Br)c(C(F)(F)F)c1)C1CCNC1. The van der Waals surface area contributed by atoms with Crippen molar-refractivity contribution in [3.63, 3.8) is 0 Å². The average molecular weight is 374 g/mol. The molecular weight excluding hydrogens is 360 g/mol. The number of benzene rings is 1. The van der Waals surface area contributed by atoms with Crippen LogP contribution in [-0.2, 0) is 11.0 Å². The van der Waals surface area contributed by atoms with Gasteiger partial charge in [-0.3, -0.25) is 4.79 Å². The smallest absolute Gasteiger partial charge is 0.326 e. The van der Waals surface area contributed by atoms with Gasteiger partial charge in [0.05, 0.1) is 11.5 Å². The molecule has 112 valence electrons. The minimum Gasteiger partial charge on any atom is -0.326 e. The summed E-state index contributed by atoms with van der Waals surface area (Å²) in [7, 11) is 0. The van der Waals surface area contributed by atoms with Crippen molar-refractivity contribution in [3.05, 3.63) is 28.2 Å². The molecule has 0 aromatic heterocycles. The largest absolute Gasteiger partial charge is 0.417 e. The van der Waals surface area contributed by atoms with Crippen molar-refractivity contribution in [2.24, 2.45) is 5.92 Å². The van der Waals surface area contributed by atoms with Gasteiger partial charge < -0.3 is 10.6 Å². The van der Waals surface area contributed by atoms with Crippen molar-refractivity contribution < 1.29 is 18.0 Å². The highest BCUT2D eigenvalue weighted by molar-refractivity contribution is 9.10. The van der Waals surface area contributed by atoms with Crippen molar-refractivity contribution in [2.75, 3.05) is 18.4 Å². The molecule has 1 saturated heterocycles. The number of amides is 1. The number of carbonyl (C=O) groups is 1. The van der Waals surface area contributed by atoms with Gasteiger partial charge in [-0.05, 0) is 31.2 Å². The van der Waals surface area contributed by atoms with Crippen LogP contribution >= 0.6 is 28.3 Å². The highest BCUT2D eigenvalue weighted by atomic mass is 79.9. The topological polar surface area (TPSA) is 41.1 Å². The van der Waals surface area contributed by atoms with Crippen molar-refractivity contribution in [2.45, 2.75) is 12.6 Å². The lowest BCUT2D eigenvalue weighted by Gasteiger charge is -2.13. The van der Waals surface area contributed by atoms with Crippen molar-refractivity contribution >= 4 is 39.9 Å². The maximum atomic E-state index is 12.7. The molecule has 1 fully saturated rings. The first-order valence-corrected chi connectivity index (χ1v) is 6.55. The Balaban J connectivity index is 0.00000200. The molecule has 1 aliphatic rings. The second-order valence-corrected chi connectivity index (χ2v) is 5.23. The Morgan fingerprint density at radius 2 is 2.10 bits per heavy atom. The van der Waals surface area contributed by atoms with Gasteiger partial charge in [-0.15, -0.1) is 12.4 Å². The van der Waals surface area contributed by atoms with E-state index in [1.54, 1.807) is 0 Å². The van der Waals surface area contributed by atoms with Crippen LogP contribution in [0.15, 0.2) is 22.7 Å². The molecule has 8 heteroatoms. The van der Waals surface area contributed by atoms with Crippen molar-refractivity contribution in [3.8, 4) is 0 Å². The van der Waals surface area contributed by atoms with Crippen LogP contribution in [0.25, 0.3) is 0 Å². The van der Waals surface area contributed by atoms with E-state index in [1.165, 1.54) is 12.1 Å². The molecule has 0 bridgehead atoms. The van der Waals surface area contributed by atoms with Crippen LogP contribution in [0.5, 0.6) is 0 Å². The number of carbonyl (C=O) groups excluding carboxylic acids is 1. The maximum Gasteiger partial charge on any atom is 0.417 e. The summed E-state index contributed by atoms with van der Waals surface area (Å²) in [6.45, 7) is 1.32. The summed E-state index contributed by atoms with van der Waals surface area (Å²) < 4.78 is 38.1. The summed E-state index contributed by atoms with van der Waals surface area (Å²) in [5.74, 6) is -0.432. The predicted molar refractivity (Wildman–Crippen MR) is 76.0 cm³/mol. The first kappa shape index (κ1) is 17.3. The molecule has 0 saturated carbocycles. The quantitative estimate of drug-likeness (QED) is 0.834. The fourth-order valence-corrected chi connectivity index (χ4v) is 2.41. The van der Waals surface area contributed by atoms with Crippen LogP contribution in [0.3, 0.4) is 0 Å². The molecule has 0 aliphatic carbocycles. The minimum atomic E-state index is -4.45. The lowest BCUT2D eigenvalue weighted by atomic mass is 10.1. The fourth-order valence-electron chi connectivity index (χ4n) is 1.94. The zero-order valence-electron chi connectivity index (χ0n) is 10.3. The van der Waals surface area contributed by atoms with E-state index in [9.17, 15) is 18.0 Å². The zero-order chi connectivity index (χ0) is 14.0. The number of alkyl halides is 3. The molecule has 1 amide bonds. The average Bonchev–Trinajstić information content (AvgIpc) is 2.83. The standard InChI is InChI=1S/C12H12BrF3N2O.ClH/c13-10-2-1-8(5-9(10)12(14,15)16)18-11(19)7-3-4-17-6-7;/h1-2,5,7,17H,3-4,6H2,(H,18,19);1H. The Morgan fingerprint density at radius 1 is 1.40 bits per heavy atom. The van der Waals surface area contributed by atoms with Gasteiger partial charge in [0, 0.05) is 16.7 Å². The van der Waals surface area contributed by atoms with Gasteiger partial charge in [0.2, 0.25) is 5.91 Å². The molecule has 0 spiro atoms. The van der Waals surface area contributed by atoms with E-state index < -0.39 is 11.7 Å². The summed E-state index contributed by atoms with van der Waals surface area (Å²) in [5, 5.41) is 5.56. The van der Waals surface area contributed by atoms with Crippen LogP contribution in [0.2, 0.25) is 0 Å². The molecule has 2 rings (SSSR count). The highest BCUT2D eigenvalue weighted by Crippen LogP contribution is 2.36. The molecule has 1 heterocycles. The molecule has 1 aromatic carbocycles. The maximum absolute atomic E-state index is 12.7. The Morgan fingerprint density at radius 3 is 2.65 bits per heavy atom. The number of hydrogen-bond acceptors (Lipinski definition) is 2. The second kappa shape index (κ2) is 6.78. The molecule has 1 aliphatic heterocycles. The molecule has 1 aromatic rings. The van der Waals surface area contributed by atoms with Gasteiger partial charge in [-0.2, -0.15) is 13.2 Å². The minimum absolute atomic E-state index is 0. The number of rotatable bonds is 2. The molecular formula is C12H13BrClF3N2O. The Labute approximate surface area is 128 Å². The molecule has 1 unspecified atom stereocenters. The first-order valence-electron chi connectivity index (χ1n) is 5.76. The molecule has 3 nitrogen and oxygen atoms in total. The van der Waals surface area contributed by atoms with Gasteiger partial charge in [0.1, 0.15) is 0 Å². The summed E-state index contributed by atoms with van der Waals surface area (Å²) in [6, 6.07) is 3.66. The summed E-state index contributed by atoms with van der Waals surface area (Å²) >= 11 is 2.86. The molecule has 20 heavy (non-hydrogen) atoms. The van der Waals surface area contributed by atoms with E-state index in [0.29, 0.717) is 13.0 Å². The third-order valence-corrected chi connectivity index (χ3v) is 3.66. The van der Waals surface area contributed by atoms with Crippen LogP contribution in [0.4, 0.5) is 18.9 Å². The van der Waals surface area contributed by atoms with E-state index in [2.05, 4.69) is 26.6 Å².